The van der Waals surface area contributed by atoms with E-state index in [-0.39, 0.29) is 17.6 Å². The smallest absolute Gasteiger partial charge is 0.277 e. The van der Waals surface area contributed by atoms with Gasteiger partial charge in [-0.1, -0.05) is 66.7 Å². The predicted octanol–water partition coefficient (Wildman–Crippen LogP) is 4.76. The highest BCUT2D eigenvalue weighted by Crippen LogP contribution is 2.23. The maximum absolute atomic E-state index is 12.2. The SMILES string of the molecule is Cc1ccc(NC(=O)CSc2nnc(CC(C)c3ccccc3)o2)c(C)c1. The molecule has 1 heterocycles. The van der Waals surface area contributed by atoms with Crippen LogP contribution in [0.25, 0.3) is 0 Å². The molecule has 1 atom stereocenters. The number of aryl methyl sites for hydroxylation is 2. The average Bonchev–Trinajstić information content (AvgIpc) is 3.10. The Morgan fingerprint density at radius 3 is 2.67 bits per heavy atom. The molecule has 6 heteroatoms. The van der Waals surface area contributed by atoms with E-state index in [4.69, 9.17) is 4.42 Å². The number of nitrogens with one attached hydrogen (secondary N) is 1. The Hall–Kier alpha value is -2.60. The third kappa shape index (κ3) is 5.44. The molecule has 3 aromatic rings. The van der Waals surface area contributed by atoms with Gasteiger partial charge < -0.3 is 9.73 Å². The van der Waals surface area contributed by atoms with Crippen LogP contribution in [0.3, 0.4) is 0 Å². The van der Waals surface area contributed by atoms with Crippen LogP contribution >= 0.6 is 11.8 Å². The normalized spacial score (nSPS) is 12.0. The number of hydrogen-bond acceptors (Lipinski definition) is 5. The Morgan fingerprint density at radius 1 is 1.15 bits per heavy atom. The van der Waals surface area contributed by atoms with E-state index in [9.17, 15) is 4.79 Å². The Labute approximate surface area is 163 Å². The molecule has 0 saturated carbocycles. The van der Waals surface area contributed by atoms with E-state index in [1.807, 2.05) is 50.2 Å². The maximum atomic E-state index is 12.2. The summed E-state index contributed by atoms with van der Waals surface area (Å²) in [6.45, 7) is 6.14. The molecule has 0 radical (unpaired) electrons. The van der Waals surface area contributed by atoms with Gasteiger partial charge in [0.2, 0.25) is 11.8 Å². The zero-order chi connectivity index (χ0) is 19.2. The van der Waals surface area contributed by atoms with Crippen molar-refractivity contribution in [3.63, 3.8) is 0 Å². The molecule has 1 N–H and O–H groups in total. The molecule has 0 aliphatic carbocycles. The minimum Gasteiger partial charge on any atom is -0.416 e. The lowest BCUT2D eigenvalue weighted by Gasteiger charge is -2.08. The highest BCUT2D eigenvalue weighted by Gasteiger charge is 2.14. The van der Waals surface area contributed by atoms with Crippen molar-refractivity contribution in [3.8, 4) is 0 Å². The van der Waals surface area contributed by atoms with Crippen molar-refractivity contribution in [1.29, 1.82) is 0 Å². The van der Waals surface area contributed by atoms with Crippen LogP contribution in [-0.4, -0.2) is 21.9 Å². The highest BCUT2D eigenvalue weighted by molar-refractivity contribution is 7.99. The maximum Gasteiger partial charge on any atom is 0.277 e. The van der Waals surface area contributed by atoms with Crippen LogP contribution in [0.5, 0.6) is 0 Å². The molecule has 0 spiro atoms. The largest absolute Gasteiger partial charge is 0.416 e. The third-order valence-electron chi connectivity index (χ3n) is 4.28. The molecule has 1 amide bonds. The van der Waals surface area contributed by atoms with Crippen molar-refractivity contribution < 1.29 is 9.21 Å². The second-order valence-electron chi connectivity index (χ2n) is 6.63. The summed E-state index contributed by atoms with van der Waals surface area (Å²) < 4.78 is 5.68. The number of hydrogen-bond donors (Lipinski definition) is 1. The minimum absolute atomic E-state index is 0.0932. The van der Waals surface area contributed by atoms with Crippen LogP contribution < -0.4 is 5.32 Å². The quantitative estimate of drug-likeness (QED) is 0.598. The number of benzene rings is 2. The van der Waals surface area contributed by atoms with Crippen molar-refractivity contribution in [3.05, 3.63) is 71.1 Å². The summed E-state index contributed by atoms with van der Waals surface area (Å²) in [5, 5.41) is 11.5. The van der Waals surface area contributed by atoms with Crippen LogP contribution in [0, 0.1) is 13.8 Å². The number of thioether (sulfide) groups is 1. The van der Waals surface area contributed by atoms with Gasteiger partial charge in [0.05, 0.1) is 5.75 Å². The molecular weight excluding hydrogens is 358 g/mol. The molecule has 0 aliphatic heterocycles. The summed E-state index contributed by atoms with van der Waals surface area (Å²) in [6, 6.07) is 16.2. The van der Waals surface area contributed by atoms with Crippen molar-refractivity contribution in [2.75, 3.05) is 11.1 Å². The standard InChI is InChI=1S/C21H23N3O2S/c1-14-9-10-18(16(3)11-14)22-19(25)13-27-21-24-23-20(26-21)12-15(2)17-7-5-4-6-8-17/h4-11,15H,12-13H2,1-3H3,(H,22,25). The summed E-state index contributed by atoms with van der Waals surface area (Å²) in [5.74, 6) is 1.01. The first-order chi connectivity index (χ1) is 13.0. The van der Waals surface area contributed by atoms with Crippen molar-refractivity contribution >= 4 is 23.4 Å². The Balaban J connectivity index is 1.51. The topological polar surface area (TPSA) is 68.0 Å². The molecule has 2 aromatic carbocycles. The summed E-state index contributed by atoms with van der Waals surface area (Å²) >= 11 is 1.25. The molecule has 0 fully saturated rings. The van der Waals surface area contributed by atoms with Crippen molar-refractivity contribution in [2.45, 2.75) is 38.3 Å². The Kier molecular flexibility index (Phi) is 6.29. The molecule has 0 bridgehead atoms. The van der Waals surface area contributed by atoms with E-state index in [0.29, 0.717) is 17.5 Å². The fourth-order valence-electron chi connectivity index (χ4n) is 2.81. The summed E-state index contributed by atoms with van der Waals surface area (Å²) in [6.07, 6.45) is 0.673. The molecule has 0 saturated heterocycles. The second kappa shape index (κ2) is 8.86. The van der Waals surface area contributed by atoms with Gasteiger partial charge in [0.15, 0.2) is 0 Å². The predicted molar refractivity (Wildman–Crippen MR) is 108 cm³/mol. The lowest BCUT2D eigenvalue weighted by molar-refractivity contribution is -0.113. The van der Waals surface area contributed by atoms with E-state index >= 15 is 0 Å². The number of carbonyl (C=O) groups is 1. The molecule has 0 aliphatic rings. The van der Waals surface area contributed by atoms with Gasteiger partial charge in [-0.2, -0.15) is 0 Å². The van der Waals surface area contributed by atoms with Gasteiger partial charge in [-0.05, 0) is 37.0 Å². The van der Waals surface area contributed by atoms with Crippen molar-refractivity contribution in [2.24, 2.45) is 0 Å². The van der Waals surface area contributed by atoms with Crippen LogP contribution in [0.1, 0.15) is 35.4 Å². The summed E-state index contributed by atoms with van der Waals surface area (Å²) in [4.78, 5) is 12.2. The molecule has 1 aromatic heterocycles. The van der Waals surface area contributed by atoms with Crippen LogP contribution in [0.15, 0.2) is 58.2 Å². The molecular formula is C21H23N3O2S. The number of amides is 1. The number of carbonyl (C=O) groups excluding carboxylic acids is 1. The minimum atomic E-state index is -0.0932. The van der Waals surface area contributed by atoms with E-state index in [1.54, 1.807) is 0 Å². The first-order valence-electron chi connectivity index (χ1n) is 8.88. The van der Waals surface area contributed by atoms with E-state index in [1.165, 1.54) is 22.9 Å². The lowest BCUT2D eigenvalue weighted by atomic mass is 9.98. The molecule has 3 rings (SSSR count). The Morgan fingerprint density at radius 2 is 1.93 bits per heavy atom. The van der Waals surface area contributed by atoms with Gasteiger partial charge in [0, 0.05) is 12.1 Å². The first kappa shape index (κ1) is 19.2. The zero-order valence-electron chi connectivity index (χ0n) is 15.7. The molecule has 5 nitrogen and oxygen atoms in total. The molecule has 140 valence electrons. The first-order valence-corrected chi connectivity index (χ1v) is 9.87. The highest BCUT2D eigenvalue weighted by atomic mass is 32.2. The van der Waals surface area contributed by atoms with Gasteiger partial charge >= 0.3 is 0 Å². The van der Waals surface area contributed by atoms with Gasteiger partial charge in [-0.3, -0.25) is 4.79 Å². The van der Waals surface area contributed by atoms with Crippen LogP contribution in [0.4, 0.5) is 5.69 Å². The van der Waals surface area contributed by atoms with Gasteiger partial charge in [0.1, 0.15) is 0 Å². The van der Waals surface area contributed by atoms with E-state index in [2.05, 4.69) is 34.6 Å². The lowest BCUT2D eigenvalue weighted by Crippen LogP contribution is -2.14. The fraction of sp³-hybridized carbons (Fsp3) is 0.286. The summed E-state index contributed by atoms with van der Waals surface area (Å²) in [7, 11) is 0. The summed E-state index contributed by atoms with van der Waals surface area (Å²) in [5.41, 5.74) is 4.28. The monoisotopic (exact) mass is 381 g/mol. The number of rotatable bonds is 7. The van der Waals surface area contributed by atoms with E-state index < -0.39 is 0 Å². The third-order valence-corrected chi connectivity index (χ3v) is 5.10. The second-order valence-corrected chi connectivity index (χ2v) is 7.56. The Bertz CT molecular complexity index is 909. The average molecular weight is 382 g/mol. The van der Waals surface area contributed by atoms with Gasteiger partial charge in [-0.25, -0.2) is 0 Å². The molecule has 1 unspecified atom stereocenters. The van der Waals surface area contributed by atoms with Crippen LogP contribution in [0.2, 0.25) is 0 Å². The van der Waals surface area contributed by atoms with E-state index in [0.717, 1.165) is 11.3 Å². The zero-order valence-corrected chi connectivity index (χ0v) is 16.5. The van der Waals surface area contributed by atoms with Gasteiger partial charge in [-0.15, -0.1) is 10.2 Å². The number of anilines is 1. The fourth-order valence-corrected chi connectivity index (χ4v) is 3.39. The molecule has 27 heavy (non-hydrogen) atoms. The van der Waals surface area contributed by atoms with Gasteiger partial charge in [0.25, 0.3) is 5.22 Å². The van der Waals surface area contributed by atoms with Crippen molar-refractivity contribution in [1.82, 2.24) is 10.2 Å². The van der Waals surface area contributed by atoms with Crippen LogP contribution in [-0.2, 0) is 11.2 Å². The number of nitrogens with zero attached hydrogens (tertiary/aromatic N) is 2. The number of aromatic nitrogens is 2.